The van der Waals surface area contributed by atoms with Crippen molar-refractivity contribution < 1.29 is 10.2 Å². The number of aliphatic hydroxyl groups excluding tert-OH is 2. The number of nitrogens with one attached hydrogen (secondary N) is 1. The van der Waals surface area contributed by atoms with Gasteiger partial charge in [-0.2, -0.15) is 4.98 Å². The van der Waals surface area contributed by atoms with Crippen molar-refractivity contribution in [2.24, 2.45) is 0 Å². The van der Waals surface area contributed by atoms with Crippen molar-refractivity contribution in [3.8, 4) is 0 Å². The molecular formula is C10H13ClN4O2. The molecule has 2 rings (SSSR count). The molecular weight excluding hydrogens is 244 g/mol. The number of fused-ring (bicyclic) bond motifs is 1. The molecule has 6 nitrogen and oxygen atoms in total. The van der Waals surface area contributed by atoms with E-state index in [-0.39, 0.29) is 13.2 Å². The van der Waals surface area contributed by atoms with Gasteiger partial charge in [0.05, 0.1) is 23.8 Å². The Morgan fingerprint density at radius 2 is 2.12 bits per heavy atom. The van der Waals surface area contributed by atoms with E-state index in [9.17, 15) is 0 Å². The molecule has 92 valence electrons. The van der Waals surface area contributed by atoms with Crippen molar-refractivity contribution in [3.63, 3.8) is 0 Å². The van der Waals surface area contributed by atoms with Gasteiger partial charge in [0.2, 0.25) is 5.95 Å². The van der Waals surface area contributed by atoms with Crippen molar-refractivity contribution >= 4 is 23.2 Å². The number of aromatic nitrogens is 3. The molecule has 3 N–H and O–H groups in total. The Labute approximate surface area is 103 Å². The zero-order valence-corrected chi connectivity index (χ0v) is 10.0. The first-order chi connectivity index (χ1) is 8.06. The molecule has 7 heteroatoms. The molecule has 2 heterocycles. The van der Waals surface area contributed by atoms with E-state index in [4.69, 9.17) is 21.8 Å². The predicted octanol–water partition coefficient (Wildman–Crippen LogP) is 0.538. The van der Waals surface area contributed by atoms with Crippen LogP contribution >= 0.6 is 11.6 Å². The smallest absolute Gasteiger partial charge is 0.243 e. The average Bonchev–Trinajstić information content (AvgIpc) is 2.70. The summed E-state index contributed by atoms with van der Waals surface area (Å²) >= 11 is 5.83. The number of pyridine rings is 1. The van der Waals surface area contributed by atoms with Gasteiger partial charge < -0.3 is 15.5 Å². The SMILES string of the molecule is CC(CO)(CO)Nc1nc2ccc(Cl)cn2n1. The fourth-order valence-electron chi connectivity index (χ4n) is 1.31. The zero-order valence-electron chi connectivity index (χ0n) is 9.26. The van der Waals surface area contributed by atoms with Crippen LogP contribution in [0.4, 0.5) is 5.95 Å². The van der Waals surface area contributed by atoms with Crippen LogP contribution in [0.3, 0.4) is 0 Å². The lowest BCUT2D eigenvalue weighted by molar-refractivity contribution is 0.147. The molecule has 0 bridgehead atoms. The quantitative estimate of drug-likeness (QED) is 0.744. The summed E-state index contributed by atoms with van der Waals surface area (Å²) in [6.07, 6.45) is 1.63. The lowest BCUT2D eigenvalue weighted by Crippen LogP contribution is -2.42. The highest BCUT2D eigenvalue weighted by atomic mass is 35.5. The highest BCUT2D eigenvalue weighted by Gasteiger charge is 2.23. The highest BCUT2D eigenvalue weighted by molar-refractivity contribution is 6.30. The second kappa shape index (κ2) is 4.48. The van der Waals surface area contributed by atoms with E-state index in [1.807, 2.05) is 0 Å². The van der Waals surface area contributed by atoms with Gasteiger partial charge in [0.25, 0.3) is 0 Å². The van der Waals surface area contributed by atoms with Crippen molar-refractivity contribution in [2.45, 2.75) is 12.5 Å². The Morgan fingerprint density at radius 1 is 1.41 bits per heavy atom. The molecule has 17 heavy (non-hydrogen) atoms. The monoisotopic (exact) mass is 256 g/mol. The van der Waals surface area contributed by atoms with Crippen LogP contribution in [0.15, 0.2) is 18.3 Å². The van der Waals surface area contributed by atoms with E-state index in [1.165, 1.54) is 4.52 Å². The van der Waals surface area contributed by atoms with Crippen molar-refractivity contribution in [3.05, 3.63) is 23.4 Å². The Balaban J connectivity index is 2.31. The lowest BCUT2D eigenvalue weighted by atomic mass is 10.1. The number of nitrogens with zero attached hydrogens (tertiary/aromatic N) is 3. The summed E-state index contributed by atoms with van der Waals surface area (Å²) in [5, 5.41) is 25.9. The molecule has 2 aromatic rings. The van der Waals surface area contributed by atoms with E-state index in [0.717, 1.165) is 0 Å². The first kappa shape index (κ1) is 12.1. The molecule has 0 aliphatic carbocycles. The molecule has 0 fully saturated rings. The van der Waals surface area contributed by atoms with Gasteiger partial charge in [-0.15, -0.1) is 5.10 Å². The minimum absolute atomic E-state index is 0.222. The number of hydrogen-bond acceptors (Lipinski definition) is 5. The van der Waals surface area contributed by atoms with Gasteiger partial charge >= 0.3 is 0 Å². The second-order valence-corrected chi connectivity index (χ2v) is 4.52. The molecule has 0 saturated heterocycles. The first-order valence-corrected chi connectivity index (χ1v) is 5.46. The largest absolute Gasteiger partial charge is 0.394 e. The van der Waals surface area contributed by atoms with E-state index >= 15 is 0 Å². The number of aliphatic hydroxyl groups is 2. The summed E-state index contributed by atoms with van der Waals surface area (Å²) < 4.78 is 1.53. The summed E-state index contributed by atoms with van der Waals surface area (Å²) in [4.78, 5) is 4.19. The minimum atomic E-state index is -0.852. The molecule has 0 unspecified atom stereocenters. The molecule has 0 amide bonds. The first-order valence-electron chi connectivity index (χ1n) is 5.08. The van der Waals surface area contributed by atoms with Crippen LogP contribution in [-0.2, 0) is 0 Å². The van der Waals surface area contributed by atoms with Gasteiger partial charge in [-0.1, -0.05) is 11.6 Å². The van der Waals surface area contributed by atoms with Gasteiger partial charge in [0, 0.05) is 6.20 Å². The maximum Gasteiger partial charge on any atom is 0.243 e. The third kappa shape index (κ3) is 2.49. The van der Waals surface area contributed by atoms with Crippen LogP contribution in [0.5, 0.6) is 0 Å². The topological polar surface area (TPSA) is 82.7 Å². The molecule has 2 aromatic heterocycles. The van der Waals surface area contributed by atoms with Crippen LogP contribution in [0.1, 0.15) is 6.92 Å². The summed E-state index contributed by atoms with van der Waals surface area (Å²) in [6.45, 7) is 1.23. The lowest BCUT2D eigenvalue weighted by Gasteiger charge is -2.24. The third-order valence-corrected chi connectivity index (χ3v) is 2.63. The molecule has 0 atom stereocenters. The number of hydrogen-bond donors (Lipinski definition) is 3. The van der Waals surface area contributed by atoms with Gasteiger partial charge in [0.15, 0.2) is 5.65 Å². The van der Waals surface area contributed by atoms with E-state index in [0.29, 0.717) is 16.6 Å². The van der Waals surface area contributed by atoms with Crippen LogP contribution in [-0.4, -0.2) is 43.6 Å². The Morgan fingerprint density at radius 3 is 2.76 bits per heavy atom. The Kier molecular flexibility index (Phi) is 3.19. The molecule has 0 aliphatic rings. The summed E-state index contributed by atoms with van der Waals surface area (Å²) in [5.74, 6) is 0.331. The fourth-order valence-corrected chi connectivity index (χ4v) is 1.47. The average molecular weight is 257 g/mol. The van der Waals surface area contributed by atoms with Crippen LogP contribution < -0.4 is 5.32 Å². The van der Waals surface area contributed by atoms with Crippen LogP contribution in [0, 0.1) is 0 Å². The third-order valence-electron chi connectivity index (χ3n) is 2.41. The van der Waals surface area contributed by atoms with Crippen LogP contribution in [0.2, 0.25) is 5.02 Å². The summed E-state index contributed by atoms with van der Waals surface area (Å²) in [7, 11) is 0. The normalized spacial score (nSPS) is 12.0. The minimum Gasteiger partial charge on any atom is -0.394 e. The van der Waals surface area contributed by atoms with E-state index in [1.54, 1.807) is 25.3 Å². The number of rotatable bonds is 4. The highest BCUT2D eigenvalue weighted by Crippen LogP contribution is 2.14. The molecule has 0 saturated carbocycles. The predicted molar refractivity (Wildman–Crippen MR) is 64.2 cm³/mol. The Bertz CT molecular complexity index is 524. The van der Waals surface area contributed by atoms with Gasteiger partial charge in [0.1, 0.15) is 0 Å². The van der Waals surface area contributed by atoms with Crippen molar-refractivity contribution in [1.29, 1.82) is 0 Å². The fraction of sp³-hybridized carbons (Fsp3) is 0.400. The van der Waals surface area contributed by atoms with Gasteiger partial charge in [-0.25, -0.2) is 4.52 Å². The molecule has 0 spiro atoms. The van der Waals surface area contributed by atoms with E-state index in [2.05, 4.69) is 15.4 Å². The molecule has 0 aliphatic heterocycles. The second-order valence-electron chi connectivity index (χ2n) is 4.09. The standard InChI is InChI=1S/C10H13ClN4O2/c1-10(5-16,6-17)13-9-12-8-3-2-7(11)4-15(8)14-9/h2-4,16-17H,5-6H2,1H3,(H,13,14). The molecule has 0 radical (unpaired) electrons. The zero-order chi connectivity index (χ0) is 12.5. The van der Waals surface area contributed by atoms with Gasteiger partial charge in [-0.05, 0) is 19.1 Å². The van der Waals surface area contributed by atoms with Gasteiger partial charge in [-0.3, -0.25) is 0 Å². The van der Waals surface area contributed by atoms with E-state index < -0.39 is 5.54 Å². The maximum atomic E-state index is 9.16. The number of anilines is 1. The van der Waals surface area contributed by atoms with Crippen molar-refractivity contribution in [1.82, 2.24) is 14.6 Å². The summed E-state index contributed by atoms with van der Waals surface area (Å²) in [6, 6.07) is 3.45. The van der Waals surface area contributed by atoms with Crippen molar-refractivity contribution in [2.75, 3.05) is 18.5 Å². The Hall–Kier alpha value is -1.37. The maximum absolute atomic E-state index is 9.16. The molecule has 0 aromatic carbocycles. The number of halogens is 1. The van der Waals surface area contributed by atoms with Crippen LogP contribution in [0.25, 0.3) is 5.65 Å². The summed E-state index contributed by atoms with van der Waals surface area (Å²) in [5.41, 5.74) is -0.218.